The number of amides is 1. The van der Waals surface area contributed by atoms with Crippen LogP contribution in [0.2, 0.25) is 0 Å². The number of allylic oxidation sites excluding steroid dienone is 2. The van der Waals surface area contributed by atoms with Crippen LogP contribution >= 0.6 is 0 Å². The maximum absolute atomic E-state index is 12.3. The topological polar surface area (TPSA) is 152 Å². The van der Waals surface area contributed by atoms with Crippen molar-refractivity contribution >= 4 is 28.4 Å². The van der Waals surface area contributed by atoms with Crippen molar-refractivity contribution in [3.05, 3.63) is 59.2 Å². The average molecular weight is 376 g/mol. The Morgan fingerprint density at radius 3 is 2.57 bits per heavy atom. The Labute approximate surface area is 161 Å². The predicted molar refractivity (Wildman–Crippen MR) is 107 cm³/mol. The molecule has 0 saturated carbocycles. The minimum atomic E-state index is -0.601. The number of carbonyl (C=O) groups excluding carboxylic acids is 2. The number of pyridine rings is 2. The lowest BCUT2D eigenvalue weighted by molar-refractivity contribution is -0.112. The first-order valence-electron chi connectivity index (χ1n) is 8.55. The lowest BCUT2D eigenvalue weighted by Crippen LogP contribution is -2.19. The Morgan fingerprint density at radius 2 is 1.89 bits per heavy atom. The second-order valence-corrected chi connectivity index (χ2v) is 6.54. The molecule has 3 heterocycles. The highest BCUT2D eigenvalue weighted by molar-refractivity contribution is 6.45. The summed E-state index contributed by atoms with van der Waals surface area (Å²) in [6.45, 7) is 3.32. The van der Waals surface area contributed by atoms with E-state index in [2.05, 4.69) is 15.0 Å². The lowest BCUT2D eigenvalue weighted by atomic mass is 10.0. The van der Waals surface area contributed by atoms with Gasteiger partial charge in [0.25, 0.3) is 5.91 Å². The normalized spacial score (nSPS) is 11.9. The van der Waals surface area contributed by atoms with E-state index in [1.54, 1.807) is 32.2 Å². The lowest BCUT2D eigenvalue weighted by Gasteiger charge is -2.05. The van der Waals surface area contributed by atoms with Crippen LogP contribution in [0, 0.1) is 5.41 Å². The van der Waals surface area contributed by atoms with Gasteiger partial charge < -0.3 is 16.5 Å². The van der Waals surface area contributed by atoms with Crippen molar-refractivity contribution in [1.82, 2.24) is 15.0 Å². The first kappa shape index (κ1) is 19.0. The highest BCUT2D eigenvalue weighted by Gasteiger charge is 2.15. The molecule has 0 aliphatic heterocycles. The summed E-state index contributed by atoms with van der Waals surface area (Å²) in [7, 11) is 0. The Morgan fingerprint density at radius 1 is 1.14 bits per heavy atom. The van der Waals surface area contributed by atoms with E-state index < -0.39 is 5.91 Å². The Balaban J connectivity index is 1.88. The summed E-state index contributed by atoms with van der Waals surface area (Å²) in [5.41, 5.74) is 14.8. The van der Waals surface area contributed by atoms with Crippen molar-refractivity contribution in [1.29, 1.82) is 5.41 Å². The molecule has 142 valence electrons. The van der Waals surface area contributed by atoms with Crippen LogP contribution in [-0.2, 0) is 11.2 Å². The van der Waals surface area contributed by atoms with Gasteiger partial charge in [-0.15, -0.1) is 0 Å². The Hall–Kier alpha value is -3.81. The first-order chi connectivity index (χ1) is 13.3. The summed E-state index contributed by atoms with van der Waals surface area (Å²) in [6.07, 6.45) is 3.18. The summed E-state index contributed by atoms with van der Waals surface area (Å²) in [5.74, 6) is -0.921. The Bertz CT molecular complexity index is 1140. The summed E-state index contributed by atoms with van der Waals surface area (Å²) in [5, 5.41) is 8.77. The molecule has 0 fully saturated rings. The zero-order chi connectivity index (χ0) is 20.4. The van der Waals surface area contributed by atoms with E-state index in [0.717, 1.165) is 16.6 Å². The third-order valence-corrected chi connectivity index (χ3v) is 4.46. The van der Waals surface area contributed by atoms with Gasteiger partial charge in [0.15, 0.2) is 5.78 Å². The maximum Gasteiger partial charge on any atom is 0.267 e. The number of fused-ring (bicyclic) bond motifs is 1. The smallest absolute Gasteiger partial charge is 0.267 e. The minimum absolute atomic E-state index is 0.0635. The third kappa shape index (κ3) is 3.80. The van der Waals surface area contributed by atoms with Gasteiger partial charge in [-0.3, -0.25) is 20.0 Å². The molecule has 3 rings (SSSR count). The first-order valence-corrected chi connectivity index (χ1v) is 8.55. The molecular weight excluding hydrogens is 356 g/mol. The van der Waals surface area contributed by atoms with Crippen LogP contribution in [0.4, 0.5) is 0 Å². The van der Waals surface area contributed by atoms with E-state index in [9.17, 15) is 9.59 Å². The molecule has 0 unspecified atom stereocenters. The fourth-order valence-corrected chi connectivity index (χ4v) is 2.73. The number of primary amides is 1. The molecule has 0 aromatic carbocycles. The van der Waals surface area contributed by atoms with E-state index in [1.165, 1.54) is 6.20 Å². The molecule has 0 bridgehead atoms. The molecule has 0 aliphatic carbocycles. The molecule has 1 amide bonds. The van der Waals surface area contributed by atoms with Crippen LogP contribution < -0.4 is 11.5 Å². The van der Waals surface area contributed by atoms with Crippen molar-refractivity contribution in [3.63, 3.8) is 0 Å². The predicted octanol–water partition coefficient (Wildman–Crippen LogP) is 2.11. The van der Waals surface area contributed by atoms with Gasteiger partial charge in [-0.2, -0.15) is 0 Å². The van der Waals surface area contributed by atoms with Crippen LogP contribution in [0.25, 0.3) is 22.3 Å². The molecule has 0 saturated heterocycles. The second-order valence-electron chi connectivity index (χ2n) is 6.54. The van der Waals surface area contributed by atoms with Crippen LogP contribution in [0.5, 0.6) is 0 Å². The van der Waals surface area contributed by atoms with E-state index in [1.807, 2.05) is 12.1 Å². The molecule has 3 aromatic heterocycles. The van der Waals surface area contributed by atoms with Gasteiger partial charge in [0.05, 0.1) is 0 Å². The molecule has 6 N–H and O–H groups in total. The highest BCUT2D eigenvalue weighted by atomic mass is 16.1. The number of H-pyrrole nitrogens is 1. The molecular formula is C20H20N6O2. The number of nitrogens with two attached hydrogens (primary N) is 2. The number of ketones is 1. The second kappa shape index (κ2) is 7.43. The number of Topliss-reactive ketones (excluding diaryl/α,β-unsaturated/α-hetero) is 1. The molecule has 3 aromatic rings. The van der Waals surface area contributed by atoms with Gasteiger partial charge in [-0.25, -0.2) is 4.98 Å². The van der Waals surface area contributed by atoms with Crippen LogP contribution in [0.3, 0.4) is 0 Å². The van der Waals surface area contributed by atoms with E-state index in [4.69, 9.17) is 16.9 Å². The number of nitrogens with zero attached hydrogens (tertiary/aromatic N) is 2. The number of rotatable bonds is 6. The van der Waals surface area contributed by atoms with Gasteiger partial charge in [0, 0.05) is 41.2 Å². The average Bonchev–Trinajstić information content (AvgIpc) is 3.10. The van der Waals surface area contributed by atoms with Gasteiger partial charge in [-0.05, 0) is 49.2 Å². The van der Waals surface area contributed by atoms with Gasteiger partial charge >= 0.3 is 0 Å². The van der Waals surface area contributed by atoms with Crippen molar-refractivity contribution in [2.75, 3.05) is 0 Å². The van der Waals surface area contributed by atoms with Crippen molar-refractivity contribution in [2.45, 2.75) is 20.3 Å². The Kier molecular flexibility index (Phi) is 5.04. The summed E-state index contributed by atoms with van der Waals surface area (Å²) in [4.78, 5) is 35.1. The number of aromatic amines is 1. The van der Waals surface area contributed by atoms with Crippen molar-refractivity contribution in [2.24, 2.45) is 11.5 Å². The third-order valence-electron chi connectivity index (χ3n) is 4.46. The summed E-state index contributed by atoms with van der Waals surface area (Å²) < 4.78 is 0. The monoisotopic (exact) mass is 376 g/mol. The number of carbonyl (C=O) groups is 2. The van der Waals surface area contributed by atoms with Crippen molar-refractivity contribution in [3.8, 4) is 11.3 Å². The van der Waals surface area contributed by atoms with Gasteiger partial charge in [-0.1, -0.05) is 0 Å². The summed E-state index contributed by atoms with van der Waals surface area (Å²) >= 11 is 0. The SMILES string of the molecule is C/C(N)=C(\C)C(=N)C(=O)Cc1cnc2[nH]c(-c3ccnc(C(N)=O)c3)cc2c1. The van der Waals surface area contributed by atoms with E-state index in [-0.39, 0.29) is 23.6 Å². The van der Waals surface area contributed by atoms with Crippen LogP contribution in [0.15, 0.2) is 47.9 Å². The molecule has 8 nitrogen and oxygen atoms in total. The number of aromatic nitrogens is 3. The molecule has 0 atom stereocenters. The quantitative estimate of drug-likeness (QED) is 0.486. The minimum Gasteiger partial charge on any atom is -0.402 e. The molecule has 0 spiro atoms. The van der Waals surface area contributed by atoms with Crippen LogP contribution in [0.1, 0.15) is 29.9 Å². The van der Waals surface area contributed by atoms with Gasteiger partial charge in [0.2, 0.25) is 0 Å². The fourth-order valence-electron chi connectivity index (χ4n) is 2.73. The van der Waals surface area contributed by atoms with E-state index in [0.29, 0.717) is 22.5 Å². The molecule has 0 radical (unpaired) electrons. The highest BCUT2D eigenvalue weighted by Crippen LogP contribution is 2.24. The fraction of sp³-hybridized carbons (Fsp3) is 0.150. The molecule has 8 heteroatoms. The number of hydrogen-bond acceptors (Lipinski definition) is 6. The standard InChI is InChI=1S/C20H20N6O2/c1-10(11(2)21)18(22)17(27)6-12-5-14-8-15(26-20(14)25-9-12)13-3-4-24-16(7-13)19(23)28/h3-5,7-9,22H,6,21H2,1-2H3,(H2,23,28)(H,25,26)/b11-10-,22-18?. The molecule has 28 heavy (non-hydrogen) atoms. The zero-order valence-electron chi connectivity index (χ0n) is 15.5. The van der Waals surface area contributed by atoms with Gasteiger partial charge in [0.1, 0.15) is 17.1 Å². The summed E-state index contributed by atoms with van der Waals surface area (Å²) in [6, 6.07) is 7.07. The zero-order valence-corrected chi connectivity index (χ0v) is 15.5. The maximum atomic E-state index is 12.3. The van der Waals surface area contributed by atoms with E-state index >= 15 is 0 Å². The number of hydrogen-bond donors (Lipinski definition) is 4. The van der Waals surface area contributed by atoms with Crippen molar-refractivity contribution < 1.29 is 9.59 Å². The molecule has 0 aliphatic rings. The largest absolute Gasteiger partial charge is 0.402 e. The van der Waals surface area contributed by atoms with Crippen LogP contribution in [-0.4, -0.2) is 32.4 Å². The number of nitrogens with one attached hydrogen (secondary N) is 2.